The monoisotopic (exact) mass is 602 g/mol. The zero-order chi connectivity index (χ0) is 31.6. The Morgan fingerprint density at radius 3 is 2.52 bits per heavy atom. The summed E-state index contributed by atoms with van der Waals surface area (Å²) in [7, 11) is 1.60. The fourth-order valence-corrected chi connectivity index (χ4v) is 11.3. The van der Waals surface area contributed by atoms with Crippen LogP contribution in [0.3, 0.4) is 0 Å². The molecule has 4 fully saturated rings. The summed E-state index contributed by atoms with van der Waals surface area (Å²) in [5.41, 5.74) is 1.59. The maximum Gasteiger partial charge on any atom is 0.268 e. The second-order valence-electron chi connectivity index (χ2n) is 16.2. The van der Waals surface area contributed by atoms with Crippen molar-refractivity contribution < 1.29 is 14.6 Å². The Bertz CT molecular complexity index is 1520. The second-order valence-corrected chi connectivity index (χ2v) is 16.2. The van der Waals surface area contributed by atoms with Gasteiger partial charge in [0.25, 0.3) is 5.96 Å². The molecule has 0 aromatic rings. The summed E-state index contributed by atoms with van der Waals surface area (Å²) >= 11 is 0. The molecule has 0 aromatic heterocycles. The van der Waals surface area contributed by atoms with Crippen LogP contribution in [-0.2, 0) is 9.53 Å². The number of hydrogen-bond donors (Lipinski definition) is 2. The lowest BCUT2D eigenvalue weighted by molar-refractivity contribution is -0.485. The standard InChI is InChI=1S/C34H46N6O4/c1-28(2)9-13-33(44-16-15-37-27(36-6)39-40(42)43)14-10-31(5)30(4)8-7-22-29(3,18-21(20-35)26(41)32(22)11-12-32)23(30)17-25-34(31,38-25)24(33)19-28/h17-18,22,24H,7-16,19H2,1-6H3,(H2,36,37,39)/t22-,24-,29+,30-,31+,33+,34-/m1/s1. The van der Waals surface area contributed by atoms with Gasteiger partial charge in [-0.05, 0) is 80.6 Å². The first-order valence-electron chi connectivity index (χ1n) is 16.5. The predicted octanol–water partition coefficient (Wildman–Crippen LogP) is 5.09. The van der Waals surface area contributed by atoms with Crippen LogP contribution in [0.4, 0.5) is 0 Å². The van der Waals surface area contributed by atoms with Crippen LogP contribution in [0.5, 0.6) is 0 Å². The number of ether oxygens (including phenoxy) is 1. The molecule has 7 rings (SSSR count). The highest BCUT2D eigenvalue weighted by atomic mass is 16.7. The molecule has 2 N–H and O–H groups in total. The zero-order valence-corrected chi connectivity index (χ0v) is 27.0. The van der Waals surface area contributed by atoms with Gasteiger partial charge in [0.15, 0.2) is 10.8 Å². The van der Waals surface area contributed by atoms with Crippen molar-refractivity contribution in [2.45, 2.75) is 104 Å². The third-order valence-electron chi connectivity index (χ3n) is 13.9. The Morgan fingerprint density at radius 1 is 1.14 bits per heavy atom. The lowest BCUT2D eigenvalue weighted by Gasteiger charge is -2.68. The molecule has 6 aliphatic carbocycles. The number of hydrazone groups is 1. The second kappa shape index (κ2) is 9.02. The number of carbonyl (C=O) groups excluding carboxylic acids is 1. The van der Waals surface area contributed by atoms with E-state index in [0.717, 1.165) is 57.8 Å². The van der Waals surface area contributed by atoms with E-state index in [1.165, 1.54) is 11.3 Å². The topological polar surface area (TPSA) is 142 Å². The van der Waals surface area contributed by atoms with E-state index in [0.29, 0.717) is 18.7 Å². The highest BCUT2D eigenvalue weighted by Gasteiger charge is 2.80. The number of fused-ring (bicyclic) bond motifs is 6. The summed E-state index contributed by atoms with van der Waals surface area (Å²) in [5, 5.41) is 29.3. The third-order valence-corrected chi connectivity index (χ3v) is 13.9. The van der Waals surface area contributed by atoms with Crippen molar-refractivity contribution in [2.24, 2.45) is 49.0 Å². The van der Waals surface area contributed by atoms with Gasteiger partial charge in [0.05, 0.1) is 23.5 Å². The van der Waals surface area contributed by atoms with Gasteiger partial charge < -0.3 is 15.4 Å². The summed E-state index contributed by atoms with van der Waals surface area (Å²) in [6.07, 6.45) is 13.3. The first-order chi connectivity index (χ1) is 20.7. The minimum absolute atomic E-state index is 0.0804. The van der Waals surface area contributed by atoms with Crippen LogP contribution >= 0.6 is 0 Å². The number of allylic oxidation sites excluding steroid dienone is 3. The van der Waals surface area contributed by atoms with Crippen molar-refractivity contribution in [1.29, 1.82) is 5.26 Å². The minimum atomic E-state index is -0.712. The van der Waals surface area contributed by atoms with Crippen molar-refractivity contribution in [3.8, 4) is 6.07 Å². The number of rotatable bonds is 5. The first kappa shape index (κ1) is 29.6. The highest BCUT2D eigenvalue weighted by molar-refractivity contribution is 6.16. The number of guanidine groups is 1. The lowest BCUT2D eigenvalue weighted by Crippen LogP contribution is -2.70. The van der Waals surface area contributed by atoms with E-state index in [1.54, 1.807) is 7.05 Å². The number of hydrogen-bond acceptors (Lipinski definition) is 6. The fraction of sp³-hybridized carbons (Fsp3) is 0.765. The summed E-state index contributed by atoms with van der Waals surface area (Å²) in [4.78, 5) is 29.8. The molecule has 0 bridgehead atoms. The maximum absolute atomic E-state index is 13.4. The summed E-state index contributed by atoms with van der Waals surface area (Å²) < 4.78 is 6.91. The molecule has 0 saturated heterocycles. The number of carbonyl (C=O) groups is 1. The largest absolute Gasteiger partial charge is 0.373 e. The summed E-state index contributed by atoms with van der Waals surface area (Å²) in [6, 6.07) is 2.28. The number of Topliss-reactive ketones (excluding diaryl/α,β-unsaturated/α-hetero) is 1. The third kappa shape index (κ3) is 3.59. The molecule has 10 nitrogen and oxygen atoms in total. The number of nitro groups is 1. The van der Waals surface area contributed by atoms with Crippen molar-refractivity contribution >= 4 is 17.5 Å². The Hall–Kier alpha value is -3.06. The van der Waals surface area contributed by atoms with Gasteiger partial charge in [0.1, 0.15) is 16.7 Å². The van der Waals surface area contributed by atoms with Crippen molar-refractivity contribution in [3.63, 3.8) is 0 Å². The van der Waals surface area contributed by atoms with Crippen LogP contribution in [0.1, 0.15) is 92.4 Å². The van der Waals surface area contributed by atoms with Crippen LogP contribution in [0.25, 0.3) is 0 Å². The molecule has 44 heavy (non-hydrogen) atoms. The number of nitrogens with zero attached hydrogens (tertiary/aromatic N) is 4. The Morgan fingerprint density at radius 2 is 1.86 bits per heavy atom. The molecule has 0 amide bonds. The van der Waals surface area contributed by atoms with Gasteiger partial charge in [-0.2, -0.15) is 5.26 Å². The van der Waals surface area contributed by atoms with Crippen LogP contribution in [0.2, 0.25) is 0 Å². The normalized spacial score (nSPS) is 43.8. The maximum atomic E-state index is 13.4. The van der Waals surface area contributed by atoms with Gasteiger partial charge in [-0.3, -0.25) is 9.79 Å². The van der Waals surface area contributed by atoms with Gasteiger partial charge in [0.2, 0.25) is 0 Å². The first-order valence-corrected chi connectivity index (χ1v) is 16.5. The van der Waals surface area contributed by atoms with E-state index >= 15 is 0 Å². The molecule has 10 heteroatoms. The van der Waals surface area contributed by atoms with E-state index in [-0.39, 0.29) is 61.8 Å². The van der Waals surface area contributed by atoms with Gasteiger partial charge in [0, 0.05) is 35.8 Å². The molecule has 1 aliphatic heterocycles. The molecular weight excluding hydrogens is 556 g/mol. The van der Waals surface area contributed by atoms with Crippen LogP contribution in [0, 0.1) is 60.4 Å². The molecule has 0 radical (unpaired) electrons. The minimum Gasteiger partial charge on any atom is -0.373 e. The van der Waals surface area contributed by atoms with E-state index in [1.807, 2.05) is 6.08 Å². The smallest absolute Gasteiger partial charge is 0.268 e. The quantitative estimate of drug-likeness (QED) is 0.147. The summed E-state index contributed by atoms with van der Waals surface area (Å²) in [5.74, 6) is 0.671. The number of ketones is 1. The molecule has 0 aromatic carbocycles. The van der Waals surface area contributed by atoms with Gasteiger partial charge in [-0.25, -0.2) is 10.1 Å². The molecule has 7 aliphatic rings. The van der Waals surface area contributed by atoms with Gasteiger partial charge >= 0.3 is 0 Å². The van der Waals surface area contributed by atoms with Crippen molar-refractivity contribution in [3.05, 3.63) is 33.4 Å². The van der Waals surface area contributed by atoms with E-state index in [4.69, 9.17) is 9.73 Å². The average Bonchev–Trinajstić information content (AvgIpc) is 3.89. The van der Waals surface area contributed by atoms with Crippen LogP contribution in [-0.4, -0.2) is 53.8 Å². The van der Waals surface area contributed by atoms with Gasteiger partial charge in [-0.15, -0.1) is 0 Å². The van der Waals surface area contributed by atoms with Gasteiger partial charge in [-0.1, -0.05) is 46.3 Å². The van der Waals surface area contributed by atoms with Crippen molar-refractivity contribution in [2.75, 3.05) is 20.2 Å². The fourth-order valence-electron chi connectivity index (χ4n) is 11.3. The van der Waals surface area contributed by atoms with E-state index < -0.39 is 5.03 Å². The number of nitrogens with one attached hydrogen (secondary N) is 2. The summed E-state index contributed by atoms with van der Waals surface area (Å²) in [6.45, 7) is 12.8. The Kier molecular flexibility index (Phi) is 6.08. The zero-order valence-electron chi connectivity index (χ0n) is 27.0. The number of aliphatic imine (C=N–C) groups is 1. The Labute approximate surface area is 260 Å². The predicted molar refractivity (Wildman–Crippen MR) is 166 cm³/mol. The van der Waals surface area contributed by atoms with Crippen molar-refractivity contribution in [1.82, 2.24) is 10.6 Å². The molecule has 4 saturated carbocycles. The van der Waals surface area contributed by atoms with Crippen LogP contribution < -0.4 is 10.6 Å². The Balaban J connectivity index is 1.24. The number of nitriles is 1. The van der Waals surface area contributed by atoms with E-state index in [9.17, 15) is 20.2 Å². The van der Waals surface area contributed by atoms with E-state index in [2.05, 4.69) is 62.5 Å². The molecule has 236 valence electrons. The molecule has 2 spiro atoms. The highest BCUT2D eigenvalue weighted by Crippen LogP contribution is 2.79. The molecular formula is C34H46N6O4. The molecule has 0 unspecified atom stereocenters. The SMILES string of the molecule is CN/C(=N\[N+](=O)[O-])NCCO[C@]12CCC(C)(C)C[C@H]1[C@@]13N=C1C=C1[C@@]4(C)C=C(C#N)C(=O)C5(CC5)[C@@H]4CC[C@@]1(C)[C@]3(C)CC2. The molecule has 7 atom stereocenters. The van der Waals surface area contributed by atoms with Crippen LogP contribution in [0.15, 0.2) is 33.4 Å². The lowest BCUT2D eigenvalue weighted by atomic mass is 9.35. The molecule has 1 heterocycles. The average molecular weight is 603 g/mol.